The fourth-order valence-electron chi connectivity index (χ4n) is 19.6. The Bertz CT molecular complexity index is 9120. The normalized spacial score (nSPS) is 11.6. The number of pyridine rings is 7. The van der Waals surface area contributed by atoms with Crippen LogP contribution in [0.3, 0.4) is 0 Å². The lowest BCUT2D eigenvalue weighted by atomic mass is 9.89. The summed E-state index contributed by atoms with van der Waals surface area (Å²) < 4.78 is 0. The molecule has 0 unspecified atom stereocenters. The molecule has 0 bridgehead atoms. The molecule has 0 fully saturated rings. The quantitative estimate of drug-likeness (QED) is 0.119. The summed E-state index contributed by atoms with van der Waals surface area (Å²) in [6.45, 7) is 0. The van der Waals surface area contributed by atoms with Crippen molar-refractivity contribution in [3.8, 4) is 113 Å². The maximum atomic E-state index is 5.19. The first-order chi connectivity index (χ1) is 66.4. The highest BCUT2D eigenvalue weighted by Crippen LogP contribution is 2.46. The second-order valence-corrected chi connectivity index (χ2v) is 33.6. The Hall–Kier alpha value is -18.3. The highest BCUT2D eigenvalue weighted by Gasteiger charge is 2.21. The zero-order chi connectivity index (χ0) is 88.5. The Morgan fingerprint density at radius 2 is 0.485 bits per heavy atom. The van der Waals surface area contributed by atoms with Crippen LogP contribution in [0.5, 0.6) is 0 Å². The van der Waals surface area contributed by atoms with E-state index in [0.717, 1.165) is 120 Å². The van der Waals surface area contributed by atoms with Crippen LogP contribution in [0.2, 0.25) is 0 Å². The number of fused-ring (bicyclic) bond motifs is 24. The minimum Gasteiger partial charge on any atom is -0.264 e. The molecule has 0 spiro atoms. The minimum absolute atomic E-state index is 0.538. The van der Waals surface area contributed by atoms with Gasteiger partial charge in [0.15, 0.2) is 23.3 Å². The van der Waals surface area contributed by atoms with Gasteiger partial charge in [-0.1, -0.05) is 279 Å². The maximum Gasteiger partial charge on any atom is 0.181 e. The molecule has 27 aromatic rings. The molecule has 0 atom stereocenters. The average Bonchev–Trinajstić information content (AvgIpc) is 0.680. The van der Waals surface area contributed by atoms with Crippen LogP contribution in [0.25, 0.3) is 264 Å². The number of hydrogen-bond acceptors (Lipinski definition) is 13. The van der Waals surface area contributed by atoms with Gasteiger partial charge in [-0.25, -0.2) is 34.9 Å². The largest absolute Gasteiger partial charge is 0.264 e. The van der Waals surface area contributed by atoms with E-state index in [1.807, 2.05) is 85.6 Å². The van der Waals surface area contributed by atoms with Gasteiger partial charge in [0.1, 0.15) is 24.0 Å². The molecule has 0 N–H and O–H groups in total. The van der Waals surface area contributed by atoms with Crippen molar-refractivity contribution in [1.29, 1.82) is 0 Å². The molecule has 9 heterocycles. The Labute approximate surface area is 768 Å². The van der Waals surface area contributed by atoms with Gasteiger partial charge in [0, 0.05) is 98.1 Å². The summed E-state index contributed by atoms with van der Waals surface area (Å²) in [5.41, 5.74) is 20.8. The molecule has 0 amide bonds. The van der Waals surface area contributed by atoms with E-state index in [1.54, 1.807) is 12.4 Å². The van der Waals surface area contributed by atoms with Gasteiger partial charge in [0.25, 0.3) is 0 Å². The number of hydrogen-bond donors (Lipinski definition) is 0. The van der Waals surface area contributed by atoms with Crippen LogP contribution in [0.4, 0.5) is 0 Å². The second kappa shape index (κ2) is 33.1. The SMILES string of the molecule is c1cc(-c2ccc3c(c2)c2ccccc2c2ccc(-c4cccc(-c5cccc6cccnc56)c4)cc23)cc(-c2cccc3cccnc23)c1.c1ccc(-c2ncnc(-c3ccc4c(c3)c3ccccc3c3ccc(-c5ncnc(-c6ccccn6)n5)cc34)n2)nc1.c1cnc2c(c1)ccc1ccc(-c3cc(-c4ccc5c6ccccc6c6ccccc6c5c4)cc4ccncc34)nc12. The summed E-state index contributed by atoms with van der Waals surface area (Å²) in [6, 6.07) is 138. The lowest BCUT2D eigenvalue weighted by Gasteiger charge is -2.14. The van der Waals surface area contributed by atoms with Crippen molar-refractivity contribution < 1.29 is 0 Å². The standard InChI is InChI=1S/C48H30N2.C39H23N3.C34H20N8/c1-2-18-42-41(17-1)43-23-21-35(33-11-3-13-37(27-33)39-19-5-9-31-15-7-25-49-47(31)39)30-46(43)44-24-22-36(29-45(42)44)34-12-4-14-38(28-34)40-20-6-10-32-16-8-26-50-48(32)40;1-2-9-31-29(7-1)30-8-3-4-10-32(30)34-21-26(13-15-33(31)34)28-20-27-17-19-40-23-36(27)35(22-28)37-16-14-25-12-11-24-6-5-18-41-38(24)39(25)42-37;1-2-8-24-23(7-1)25-13-11-21(31-37-19-39-33(41-31)29-9-3-5-15-35-29)18-28(25)26-14-12-22(17-27(24)26)32-38-20-40-34(42-32)30-10-4-6-16-36-30/h1-30H;1-23H;1-20H. The maximum absolute atomic E-state index is 5.19. The third kappa shape index (κ3) is 14.0. The summed E-state index contributed by atoms with van der Waals surface area (Å²) >= 11 is 0. The van der Waals surface area contributed by atoms with Gasteiger partial charge in [0.05, 0.1) is 27.8 Å². The summed E-state index contributed by atoms with van der Waals surface area (Å²) in [5, 5.41) is 28.7. The molecule has 0 saturated carbocycles. The van der Waals surface area contributed by atoms with Gasteiger partial charge in [-0.3, -0.25) is 29.9 Å². The van der Waals surface area contributed by atoms with E-state index < -0.39 is 0 Å². The molecule has 622 valence electrons. The highest BCUT2D eigenvalue weighted by atomic mass is 15.0. The van der Waals surface area contributed by atoms with Gasteiger partial charge in [-0.05, 0) is 256 Å². The van der Waals surface area contributed by atoms with E-state index >= 15 is 0 Å². The van der Waals surface area contributed by atoms with E-state index in [-0.39, 0.29) is 0 Å². The lowest BCUT2D eigenvalue weighted by Crippen LogP contribution is -1.97. The minimum atomic E-state index is 0.538. The van der Waals surface area contributed by atoms with Gasteiger partial charge < -0.3 is 0 Å². The van der Waals surface area contributed by atoms with Crippen molar-refractivity contribution in [3.63, 3.8) is 0 Å². The molecule has 0 saturated heterocycles. The van der Waals surface area contributed by atoms with Crippen LogP contribution in [0, 0.1) is 0 Å². The van der Waals surface area contributed by atoms with Crippen molar-refractivity contribution in [3.05, 3.63) is 444 Å². The van der Waals surface area contributed by atoms with Crippen molar-refractivity contribution in [1.82, 2.24) is 64.8 Å². The molecule has 18 aromatic carbocycles. The van der Waals surface area contributed by atoms with E-state index in [2.05, 4.69) is 374 Å². The van der Waals surface area contributed by atoms with Crippen molar-refractivity contribution >= 4 is 151 Å². The molecule has 0 aliphatic heterocycles. The third-order valence-corrected chi connectivity index (χ3v) is 25.9. The summed E-state index contributed by atoms with van der Waals surface area (Å²) in [6.07, 6.45) is 15.9. The molecule has 134 heavy (non-hydrogen) atoms. The van der Waals surface area contributed by atoms with Crippen LogP contribution >= 0.6 is 0 Å². The van der Waals surface area contributed by atoms with Gasteiger partial charge in [-0.15, -0.1) is 0 Å². The Kier molecular flexibility index (Phi) is 19.2. The number of nitrogens with zero attached hydrogens (tertiary/aromatic N) is 13. The fourth-order valence-corrected chi connectivity index (χ4v) is 19.6. The van der Waals surface area contributed by atoms with Crippen molar-refractivity contribution in [2.45, 2.75) is 0 Å². The van der Waals surface area contributed by atoms with Crippen LogP contribution < -0.4 is 0 Å². The molecular weight excluding hydrogens is 1640 g/mol. The van der Waals surface area contributed by atoms with Crippen LogP contribution in [0.15, 0.2) is 444 Å². The predicted molar refractivity (Wildman–Crippen MR) is 550 cm³/mol. The summed E-state index contributed by atoms with van der Waals surface area (Å²) in [7, 11) is 0. The Morgan fingerprint density at radius 1 is 0.142 bits per heavy atom. The molecule has 9 aromatic heterocycles. The highest BCUT2D eigenvalue weighted by molar-refractivity contribution is 6.29. The Balaban J connectivity index is 0.000000108. The number of rotatable bonds is 10. The molecule has 27 rings (SSSR count). The van der Waals surface area contributed by atoms with Crippen LogP contribution in [-0.2, 0) is 0 Å². The average molecular weight is 1710 g/mol. The fraction of sp³-hybridized carbons (Fsp3) is 0. The van der Waals surface area contributed by atoms with Crippen LogP contribution in [-0.4, -0.2) is 64.8 Å². The lowest BCUT2D eigenvalue weighted by molar-refractivity contribution is 1.05. The number of para-hydroxylation sites is 2. The number of aromatic nitrogens is 13. The second-order valence-electron chi connectivity index (χ2n) is 33.6. The van der Waals surface area contributed by atoms with E-state index in [0.29, 0.717) is 34.7 Å². The van der Waals surface area contributed by atoms with Crippen molar-refractivity contribution in [2.24, 2.45) is 0 Å². The molecule has 0 aliphatic carbocycles. The first kappa shape index (κ1) is 78.0. The van der Waals surface area contributed by atoms with Gasteiger partial charge in [0.2, 0.25) is 0 Å². The zero-order valence-electron chi connectivity index (χ0n) is 72.0. The van der Waals surface area contributed by atoms with Gasteiger partial charge >= 0.3 is 0 Å². The molecular formula is C121H73N13. The first-order valence-electron chi connectivity index (χ1n) is 44.7. The molecule has 0 radical (unpaired) electrons. The smallest absolute Gasteiger partial charge is 0.181 e. The molecule has 0 aliphatic rings. The summed E-state index contributed by atoms with van der Waals surface area (Å²) in [5.74, 6) is 2.27. The third-order valence-electron chi connectivity index (χ3n) is 25.9. The van der Waals surface area contributed by atoms with Crippen LogP contribution in [0.1, 0.15) is 0 Å². The zero-order valence-corrected chi connectivity index (χ0v) is 72.0. The summed E-state index contributed by atoms with van der Waals surface area (Å²) in [4.78, 5) is 59.7. The monoisotopic (exact) mass is 1710 g/mol. The van der Waals surface area contributed by atoms with E-state index in [1.165, 1.54) is 122 Å². The number of benzene rings is 18. The predicted octanol–water partition coefficient (Wildman–Crippen LogP) is 30.0. The van der Waals surface area contributed by atoms with Crippen molar-refractivity contribution in [2.75, 3.05) is 0 Å². The topological polar surface area (TPSA) is 168 Å². The van der Waals surface area contributed by atoms with Gasteiger partial charge in [-0.2, -0.15) is 0 Å². The van der Waals surface area contributed by atoms with E-state index in [4.69, 9.17) is 24.9 Å². The van der Waals surface area contributed by atoms with E-state index in [9.17, 15) is 0 Å². The molecule has 13 heteroatoms. The first-order valence-corrected chi connectivity index (χ1v) is 44.7. The Morgan fingerprint density at radius 3 is 0.940 bits per heavy atom. The molecule has 13 nitrogen and oxygen atoms in total.